The first-order valence-electron chi connectivity index (χ1n) is 7.57. The molecular weight excluding hydrogens is 307 g/mol. The van der Waals surface area contributed by atoms with Crippen molar-refractivity contribution in [3.8, 4) is 0 Å². The van der Waals surface area contributed by atoms with Gasteiger partial charge >= 0.3 is 0 Å². The van der Waals surface area contributed by atoms with Crippen LogP contribution >= 0.6 is 0 Å². The monoisotopic (exact) mass is 322 g/mol. The second kappa shape index (κ2) is 5.49. The first-order valence-corrected chi connectivity index (χ1v) is 7.57. The van der Waals surface area contributed by atoms with Crippen molar-refractivity contribution in [3.05, 3.63) is 65.9 Å². The molecule has 0 aliphatic rings. The minimum Gasteiger partial charge on any atom is -0.351 e. The van der Waals surface area contributed by atoms with Crippen molar-refractivity contribution in [3.63, 3.8) is 0 Å². The highest BCUT2D eigenvalue weighted by Gasteiger charge is 2.16. The number of amides is 1. The Morgan fingerprint density at radius 1 is 1.12 bits per heavy atom. The molecule has 0 spiro atoms. The predicted octanol–water partition coefficient (Wildman–Crippen LogP) is 3.46. The minimum atomic E-state index is -0.323. The molecule has 0 bridgehead atoms. The third kappa shape index (κ3) is 2.52. The van der Waals surface area contributed by atoms with E-state index in [2.05, 4.69) is 15.0 Å². The van der Waals surface area contributed by atoms with E-state index in [1.54, 1.807) is 24.1 Å². The van der Waals surface area contributed by atoms with Crippen LogP contribution in [0.5, 0.6) is 0 Å². The molecular formula is C18H15FN4O. The van der Waals surface area contributed by atoms with Gasteiger partial charge in [-0.1, -0.05) is 12.1 Å². The van der Waals surface area contributed by atoms with E-state index < -0.39 is 0 Å². The molecule has 2 N–H and O–H groups in total. The number of aromatic nitrogens is 3. The van der Waals surface area contributed by atoms with Gasteiger partial charge in [-0.2, -0.15) is 0 Å². The van der Waals surface area contributed by atoms with Gasteiger partial charge in [0.25, 0.3) is 5.91 Å². The van der Waals surface area contributed by atoms with Gasteiger partial charge in [-0.05, 0) is 36.4 Å². The lowest BCUT2D eigenvalue weighted by molar-refractivity contribution is 0.0777. The van der Waals surface area contributed by atoms with Crippen molar-refractivity contribution in [2.45, 2.75) is 6.54 Å². The second-order valence-electron chi connectivity index (χ2n) is 5.78. The summed E-state index contributed by atoms with van der Waals surface area (Å²) < 4.78 is 13.3. The van der Waals surface area contributed by atoms with E-state index in [1.807, 2.05) is 24.3 Å². The number of imidazole rings is 1. The molecule has 2 heterocycles. The highest BCUT2D eigenvalue weighted by atomic mass is 19.1. The Bertz CT molecular complexity index is 1020. The normalized spacial score (nSPS) is 11.2. The largest absolute Gasteiger partial charge is 0.351 e. The Labute approximate surface area is 137 Å². The Morgan fingerprint density at radius 2 is 1.96 bits per heavy atom. The molecule has 6 heteroatoms. The molecule has 5 nitrogen and oxygen atoms in total. The van der Waals surface area contributed by atoms with Crippen LogP contribution in [0.1, 0.15) is 16.3 Å². The average Bonchev–Trinajstić information content (AvgIpc) is 3.16. The number of H-pyrrole nitrogens is 2. The van der Waals surface area contributed by atoms with Crippen LogP contribution < -0.4 is 0 Å². The van der Waals surface area contributed by atoms with Crippen LogP contribution in [0.25, 0.3) is 21.9 Å². The molecule has 2 aromatic carbocycles. The fraction of sp³-hybridized carbons (Fsp3) is 0.111. The Hall–Kier alpha value is -3.15. The summed E-state index contributed by atoms with van der Waals surface area (Å²) in [6.07, 6.45) is 0. The smallest absolute Gasteiger partial charge is 0.270 e. The van der Waals surface area contributed by atoms with Gasteiger partial charge in [0.1, 0.15) is 17.3 Å². The summed E-state index contributed by atoms with van der Waals surface area (Å²) in [7, 11) is 1.71. The quantitative estimate of drug-likeness (QED) is 0.607. The number of hydrogen-bond acceptors (Lipinski definition) is 2. The minimum absolute atomic E-state index is 0.174. The molecule has 0 aliphatic carbocycles. The van der Waals surface area contributed by atoms with Gasteiger partial charge in [-0.3, -0.25) is 4.79 Å². The SMILES string of the molecule is CN(Cc1nc2ccccc2[nH]1)C(=O)c1cc2cc(F)ccc2[nH]1. The van der Waals surface area contributed by atoms with Gasteiger partial charge < -0.3 is 14.9 Å². The van der Waals surface area contributed by atoms with Crippen LogP contribution in [0.3, 0.4) is 0 Å². The first-order chi connectivity index (χ1) is 11.6. The number of nitrogens with zero attached hydrogens (tertiary/aromatic N) is 2. The van der Waals surface area contributed by atoms with E-state index in [1.165, 1.54) is 12.1 Å². The van der Waals surface area contributed by atoms with Crippen molar-refractivity contribution in [2.24, 2.45) is 0 Å². The number of nitrogens with one attached hydrogen (secondary N) is 2. The van der Waals surface area contributed by atoms with Gasteiger partial charge in [0.2, 0.25) is 0 Å². The molecule has 0 saturated heterocycles. The average molecular weight is 322 g/mol. The zero-order valence-electron chi connectivity index (χ0n) is 13.0. The highest BCUT2D eigenvalue weighted by molar-refractivity contribution is 5.97. The van der Waals surface area contributed by atoms with Gasteiger partial charge in [-0.15, -0.1) is 0 Å². The Kier molecular flexibility index (Phi) is 3.30. The number of benzene rings is 2. The summed E-state index contributed by atoms with van der Waals surface area (Å²) in [4.78, 5) is 24.8. The Morgan fingerprint density at radius 3 is 2.79 bits per heavy atom. The molecule has 120 valence electrons. The van der Waals surface area contributed by atoms with E-state index in [4.69, 9.17) is 0 Å². The summed E-state index contributed by atoms with van der Waals surface area (Å²) in [6, 6.07) is 13.8. The second-order valence-corrected chi connectivity index (χ2v) is 5.78. The number of aromatic amines is 2. The Balaban J connectivity index is 1.58. The van der Waals surface area contributed by atoms with Crippen molar-refractivity contribution >= 4 is 27.8 Å². The van der Waals surface area contributed by atoms with Gasteiger partial charge in [0, 0.05) is 18.0 Å². The molecule has 0 fully saturated rings. The van der Waals surface area contributed by atoms with Crippen LogP contribution in [-0.2, 0) is 6.54 Å². The maximum Gasteiger partial charge on any atom is 0.270 e. The number of para-hydroxylation sites is 2. The number of rotatable bonds is 3. The molecule has 0 saturated carbocycles. The number of fused-ring (bicyclic) bond motifs is 2. The van der Waals surface area contributed by atoms with E-state index in [0.29, 0.717) is 23.4 Å². The topological polar surface area (TPSA) is 64.8 Å². The van der Waals surface area contributed by atoms with Crippen molar-refractivity contribution in [2.75, 3.05) is 7.05 Å². The van der Waals surface area contributed by atoms with Crippen LogP contribution in [0.4, 0.5) is 4.39 Å². The standard InChI is InChI=1S/C18H15FN4O/c1-23(10-17-21-14-4-2-3-5-15(14)22-17)18(24)16-9-11-8-12(19)6-7-13(11)20-16/h2-9,20H,10H2,1H3,(H,21,22). The van der Waals surface area contributed by atoms with E-state index in [0.717, 1.165) is 16.6 Å². The summed E-state index contributed by atoms with van der Waals surface area (Å²) in [5.74, 6) is 0.220. The molecule has 4 aromatic rings. The number of carbonyl (C=O) groups excluding carboxylic acids is 1. The van der Waals surface area contributed by atoms with E-state index >= 15 is 0 Å². The first kappa shape index (κ1) is 14.4. The summed E-state index contributed by atoms with van der Waals surface area (Å²) in [5, 5.41) is 0.676. The maximum absolute atomic E-state index is 13.3. The number of carbonyl (C=O) groups is 1. The maximum atomic E-state index is 13.3. The van der Waals surface area contributed by atoms with Gasteiger partial charge in [0.05, 0.1) is 17.6 Å². The number of hydrogen-bond donors (Lipinski definition) is 2. The zero-order chi connectivity index (χ0) is 16.7. The molecule has 1 amide bonds. The third-order valence-corrected chi connectivity index (χ3v) is 3.99. The third-order valence-electron chi connectivity index (χ3n) is 3.99. The molecule has 24 heavy (non-hydrogen) atoms. The zero-order valence-corrected chi connectivity index (χ0v) is 13.0. The van der Waals surface area contributed by atoms with Crippen LogP contribution in [0.15, 0.2) is 48.5 Å². The summed E-state index contributed by atoms with van der Waals surface area (Å²) in [5.41, 5.74) is 2.97. The van der Waals surface area contributed by atoms with E-state index in [9.17, 15) is 9.18 Å². The lowest BCUT2D eigenvalue weighted by atomic mass is 10.2. The van der Waals surface area contributed by atoms with Crippen molar-refractivity contribution in [1.29, 1.82) is 0 Å². The fourth-order valence-electron chi connectivity index (χ4n) is 2.80. The molecule has 0 radical (unpaired) electrons. The number of halogens is 1. The molecule has 0 unspecified atom stereocenters. The van der Waals surface area contributed by atoms with Gasteiger partial charge in [-0.25, -0.2) is 9.37 Å². The summed E-state index contributed by atoms with van der Waals surface area (Å²) >= 11 is 0. The molecule has 4 rings (SSSR count). The fourth-order valence-corrected chi connectivity index (χ4v) is 2.80. The van der Waals surface area contributed by atoms with Crippen LogP contribution in [0, 0.1) is 5.82 Å². The van der Waals surface area contributed by atoms with Crippen molar-refractivity contribution in [1.82, 2.24) is 19.9 Å². The molecule has 0 atom stereocenters. The van der Waals surface area contributed by atoms with Gasteiger partial charge in [0.15, 0.2) is 0 Å². The highest BCUT2D eigenvalue weighted by Crippen LogP contribution is 2.18. The lowest BCUT2D eigenvalue weighted by Crippen LogP contribution is -2.26. The van der Waals surface area contributed by atoms with Crippen LogP contribution in [0.2, 0.25) is 0 Å². The molecule has 0 aliphatic heterocycles. The van der Waals surface area contributed by atoms with Crippen LogP contribution in [-0.4, -0.2) is 32.8 Å². The predicted molar refractivity (Wildman–Crippen MR) is 90.1 cm³/mol. The summed E-state index contributed by atoms with van der Waals surface area (Å²) in [6.45, 7) is 0.358. The van der Waals surface area contributed by atoms with E-state index in [-0.39, 0.29) is 11.7 Å². The molecule has 2 aromatic heterocycles. The van der Waals surface area contributed by atoms with Crippen molar-refractivity contribution < 1.29 is 9.18 Å². The lowest BCUT2D eigenvalue weighted by Gasteiger charge is -2.14.